The third kappa shape index (κ3) is 5.64. The van der Waals surface area contributed by atoms with Crippen LogP contribution in [0.1, 0.15) is 43.4 Å². The number of hydrogen-bond acceptors (Lipinski definition) is 9. The van der Waals surface area contributed by atoms with Crippen LogP contribution in [0.25, 0.3) is 11.4 Å². The summed E-state index contributed by atoms with van der Waals surface area (Å²) in [6.07, 6.45) is 2.55. The van der Waals surface area contributed by atoms with Crippen molar-refractivity contribution < 1.29 is 28.4 Å². The van der Waals surface area contributed by atoms with Crippen LogP contribution >= 0.6 is 0 Å². The molecular formula is C25H28FN5O5. The summed E-state index contributed by atoms with van der Waals surface area (Å²) in [6.45, 7) is 5.29. The first kappa shape index (κ1) is 25.1. The summed E-state index contributed by atoms with van der Waals surface area (Å²) in [5.41, 5.74) is 3.84. The molecule has 3 N–H and O–H groups in total. The predicted octanol–water partition coefficient (Wildman–Crippen LogP) is 3.50. The van der Waals surface area contributed by atoms with Gasteiger partial charge in [0.15, 0.2) is 11.9 Å². The van der Waals surface area contributed by atoms with Gasteiger partial charge in [-0.15, -0.1) is 0 Å². The Hall–Kier alpha value is -3.96. The van der Waals surface area contributed by atoms with Gasteiger partial charge in [0, 0.05) is 18.0 Å². The van der Waals surface area contributed by atoms with Gasteiger partial charge in [0.2, 0.25) is 11.7 Å². The van der Waals surface area contributed by atoms with Crippen molar-refractivity contribution in [1.82, 2.24) is 21.0 Å². The highest BCUT2D eigenvalue weighted by molar-refractivity contribution is 5.95. The van der Waals surface area contributed by atoms with Crippen molar-refractivity contribution in [3.8, 4) is 17.1 Å². The number of nitrogens with zero attached hydrogens (tertiary/aromatic N) is 3. The van der Waals surface area contributed by atoms with Crippen molar-refractivity contribution in [1.29, 1.82) is 0 Å². The van der Waals surface area contributed by atoms with Crippen molar-refractivity contribution in [3.63, 3.8) is 0 Å². The molecule has 36 heavy (non-hydrogen) atoms. The molecule has 0 radical (unpaired) electrons. The lowest BCUT2D eigenvalue weighted by Gasteiger charge is -2.17. The normalized spacial score (nSPS) is 14.7. The molecule has 0 fully saturated rings. The number of benzene rings is 2. The maximum Gasteiger partial charge on any atom is 0.254 e. The van der Waals surface area contributed by atoms with Gasteiger partial charge in [0.05, 0.1) is 24.1 Å². The highest BCUT2D eigenvalue weighted by atomic mass is 19.1. The molecule has 1 amide bonds. The van der Waals surface area contributed by atoms with Crippen molar-refractivity contribution >= 4 is 11.6 Å². The number of anilines is 1. The molecule has 2 heterocycles. The average molecular weight is 498 g/mol. The number of ether oxygens (including phenoxy) is 1. The maximum absolute atomic E-state index is 14.6. The lowest BCUT2D eigenvalue weighted by atomic mass is 10.1. The third-order valence-corrected chi connectivity index (χ3v) is 5.49. The lowest BCUT2D eigenvalue weighted by Crippen LogP contribution is -2.35. The first-order chi connectivity index (χ1) is 17.4. The second-order valence-corrected chi connectivity index (χ2v) is 8.22. The molecule has 1 aliphatic rings. The number of halogens is 1. The molecule has 4 rings (SSSR count). The Morgan fingerprint density at radius 2 is 2.03 bits per heavy atom. The smallest absolute Gasteiger partial charge is 0.254 e. The number of aliphatic hydroxyl groups excluding tert-OH is 1. The summed E-state index contributed by atoms with van der Waals surface area (Å²) >= 11 is 0. The van der Waals surface area contributed by atoms with Crippen LogP contribution in [-0.4, -0.2) is 39.9 Å². The predicted molar refractivity (Wildman–Crippen MR) is 129 cm³/mol. The van der Waals surface area contributed by atoms with E-state index in [4.69, 9.17) is 19.2 Å². The quantitative estimate of drug-likeness (QED) is 0.386. The van der Waals surface area contributed by atoms with E-state index < -0.39 is 23.9 Å². The SMILES string of the molecule is CCc1nc(-c2ccc(OC(CC)C3=CN(c4ccc(C(=O)N[C@@H](C)CO)c(F)c4)NO3)cc2)no1. The molecule has 0 aliphatic carbocycles. The Bertz CT molecular complexity index is 1230. The Morgan fingerprint density at radius 3 is 2.67 bits per heavy atom. The Morgan fingerprint density at radius 1 is 1.25 bits per heavy atom. The van der Waals surface area contributed by atoms with Gasteiger partial charge in [0.25, 0.3) is 5.91 Å². The molecule has 0 saturated heterocycles. The van der Waals surface area contributed by atoms with Gasteiger partial charge in [0.1, 0.15) is 11.6 Å². The summed E-state index contributed by atoms with van der Waals surface area (Å²) in [6, 6.07) is 11.0. The van der Waals surface area contributed by atoms with Crippen LogP contribution in [0, 0.1) is 5.82 Å². The number of carbonyl (C=O) groups is 1. The second-order valence-electron chi connectivity index (χ2n) is 8.22. The summed E-state index contributed by atoms with van der Waals surface area (Å²) in [5.74, 6) is 0.934. The minimum Gasteiger partial charge on any atom is -0.482 e. The number of amides is 1. The van der Waals surface area contributed by atoms with Crippen LogP contribution in [0.15, 0.2) is 58.9 Å². The first-order valence-corrected chi connectivity index (χ1v) is 11.7. The van der Waals surface area contributed by atoms with E-state index in [-0.39, 0.29) is 12.2 Å². The number of aliphatic hydroxyl groups is 1. The van der Waals surface area contributed by atoms with Crippen LogP contribution in [0.5, 0.6) is 5.75 Å². The summed E-state index contributed by atoms with van der Waals surface area (Å²) in [7, 11) is 0. The largest absolute Gasteiger partial charge is 0.482 e. The van der Waals surface area contributed by atoms with E-state index in [1.165, 1.54) is 17.1 Å². The van der Waals surface area contributed by atoms with E-state index >= 15 is 0 Å². The molecule has 2 aromatic carbocycles. The topological polar surface area (TPSA) is 122 Å². The zero-order valence-corrected chi connectivity index (χ0v) is 20.2. The van der Waals surface area contributed by atoms with Crippen LogP contribution < -0.4 is 20.7 Å². The van der Waals surface area contributed by atoms with Crippen LogP contribution in [0.3, 0.4) is 0 Å². The zero-order valence-electron chi connectivity index (χ0n) is 20.2. The van der Waals surface area contributed by atoms with Gasteiger partial charge < -0.3 is 24.5 Å². The van der Waals surface area contributed by atoms with Gasteiger partial charge in [-0.25, -0.2) is 9.40 Å². The van der Waals surface area contributed by atoms with Crippen LogP contribution in [0.4, 0.5) is 10.1 Å². The molecule has 10 nitrogen and oxygen atoms in total. The van der Waals surface area contributed by atoms with Gasteiger partial charge in [-0.1, -0.05) is 24.6 Å². The summed E-state index contributed by atoms with van der Waals surface area (Å²) in [4.78, 5) is 22.1. The Balaban J connectivity index is 1.42. The van der Waals surface area contributed by atoms with Crippen molar-refractivity contribution in [3.05, 3.63) is 71.7 Å². The van der Waals surface area contributed by atoms with Crippen molar-refractivity contribution in [2.75, 3.05) is 11.6 Å². The number of rotatable bonds is 10. The molecule has 2 atom stereocenters. The first-order valence-electron chi connectivity index (χ1n) is 11.7. The fraction of sp³-hybridized carbons (Fsp3) is 0.320. The number of nitrogens with one attached hydrogen (secondary N) is 2. The third-order valence-electron chi connectivity index (χ3n) is 5.49. The molecule has 11 heteroatoms. The molecule has 1 unspecified atom stereocenters. The molecule has 190 valence electrons. The number of hydrazine groups is 1. The number of hydrogen-bond donors (Lipinski definition) is 3. The van der Waals surface area contributed by atoms with Crippen LogP contribution in [0.2, 0.25) is 0 Å². The minimum atomic E-state index is -0.699. The second kappa shape index (κ2) is 11.2. The van der Waals surface area contributed by atoms with Gasteiger partial charge >= 0.3 is 0 Å². The van der Waals surface area contributed by atoms with Crippen molar-refractivity contribution in [2.24, 2.45) is 0 Å². The monoisotopic (exact) mass is 497 g/mol. The summed E-state index contributed by atoms with van der Waals surface area (Å²) in [5, 5.41) is 17.1. The number of carbonyl (C=O) groups excluding carboxylic acids is 1. The van der Waals surface area contributed by atoms with E-state index in [2.05, 4.69) is 21.0 Å². The highest BCUT2D eigenvalue weighted by Gasteiger charge is 2.25. The van der Waals surface area contributed by atoms with Crippen molar-refractivity contribution in [2.45, 2.75) is 45.8 Å². The molecular weight excluding hydrogens is 469 g/mol. The molecule has 0 bridgehead atoms. The fourth-order valence-electron chi connectivity index (χ4n) is 3.45. The molecule has 0 saturated carbocycles. The lowest BCUT2D eigenvalue weighted by molar-refractivity contribution is 0.0724. The Labute approximate surface area is 207 Å². The summed E-state index contributed by atoms with van der Waals surface area (Å²) < 4.78 is 25.9. The number of aromatic nitrogens is 2. The van der Waals surface area contributed by atoms with E-state index in [1.807, 2.05) is 38.1 Å². The van der Waals surface area contributed by atoms with Gasteiger partial charge in [-0.05, 0) is 55.8 Å². The zero-order chi connectivity index (χ0) is 25.7. The molecule has 1 aliphatic heterocycles. The highest BCUT2D eigenvalue weighted by Crippen LogP contribution is 2.27. The molecule has 0 spiro atoms. The van der Waals surface area contributed by atoms with Gasteiger partial charge in [-0.3, -0.25) is 4.79 Å². The van der Waals surface area contributed by atoms with E-state index in [9.17, 15) is 9.18 Å². The Kier molecular flexibility index (Phi) is 7.81. The maximum atomic E-state index is 14.6. The number of aryl methyl sites for hydroxylation is 1. The molecule has 1 aromatic heterocycles. The van der Waals surface area contributed by atoms with Crippen LogP contribution in [-0.2, 0) is 11.3 Å². The molecule has 3 aromatic rings. The van der Waals surface area contributed by atoms with E-state index in [1.54, 1.807) is 19.2 Å². The standard InChI is InChI=1S/C25H28FN5O5/c1-4-21(34-18-9-6-16(7-10-18)24-28-23(5-2)36-29-24)22-13-31(30-35-22)17-8-11-19(20(26)12-17)25(33)27-15(3)14-32/h6-13,15,21,30,32H,4-5,14H2,1-3H3,(H,27,33)/t15-,21?/m0/s1. The van der Waals surface area contributed by atoms with Gasteiger partial charge in [-0.2, -0.15) is 4.98 Å². The van der Waals surface area contributed by atoms with E-state index in [0.717, 1.165) is 5.56 Å². The van der Waals surface area contributed by atoms with E-state index in [0.29, 0.717) is 41.8 Å². The average Bonchev–Trinajstić information content (AvgIpc) is 3.57. The fourth-order valence-corrected chi connectivity index (χ4v) is 3.45. The minimum absolute atomic E-state index is 0.117.